The van der Waals surface area contributed by atoms with Crippen LogP contribution in [-0.4, -0.2) is 125 Å². The number of nitrogens with one attached hydrogen (secondary N) is 1. The monoisotopic (exact) mass is 687 g/mol. The van der Waals surface area contributed by atoms with Crippen LogP contribution in [-0.2, 0) is 27.2 Å². The number of phenols is 1. The zero-order chi connectivity index (χ0) is 35.4. The third kappa shape index (κ3) is 7.88. The Morgan fingerprint density at radius 1 is 0.940 bits per heavy atom. The third-order valence-corrected chi connectivity index (χ3v) is 11.1. The molecule has 4 aliphatic rings. The maximum atomic E-state index is 14.1. The van der Waals surface area contributed by atoms with E-state index in [0.29, 0.717) is 77.7 Å². The molecule has 2 atom stereocenters. The van der Waals surface area contributed by atoms with E-state index in [-0.39, 0.29) is 36.2 Å². The number of benzene rings is 2. The second kappa shape index (κ2) is 15.7. The van der Waals surface area contributed by atoms with Crippen molar-refractivity contribution in [3.63, 3.8) is 0 Å². The molecule has 4 heterocycles. The van der Waals surface area contributed by atoms with Crippen molar-refractivity contribution in [3.8, 4) is 5.75 Å². The van der Waals surface area contributed by atoms with Gasteiger partial charge in [-0.05, 0) is 86.6 Å². The van der Waals surface area contributed by atoms with Gasteiger partial charge in [-0.2, -0.15) is 0 Å². The molecule has 0 radical (unpaired) electrons. The van der Waals surface area contributed by atoms with Crippen molar-refractivity contribution in [2.45, 2.75) is 95.8 Å². The summed E-state index contributed by atoms with van der Waals surface area (Å²) in [7, 11) is 0.621. The van der Waals surface area contributed by atoms with E-state index >= 15 is 0 Å². The second-order valence-electron chi connectivity index (χ2n) is 14.2. The van der Waals surface area contributed by atoms with Crippen LogP contribution >= 0.6 is 0 Å². The number of anilines is 1. The number of phenolic OH excluding ortho intramolecular Hbond substituents is 1. The highest BCUT2D eigenvalue weighted by Crippen LogP contribution is 2.28. The number of urea groups is 1. The first kappa shape index (κ1) is 35.6. The molecule has 3 saturated heterocycles. The van der Waals surface area contributed by atoms with Gasteiger partial charge in [0.1, 0.15) is 11.8 Å². The van der Waals surface area contributed by atoms with Gasteiger partial charge < -0.3 is 35.0 Å². The third-order valence-electron chi connectivity index (χ3n) is 11.1. The first-order valence-electron chi connectivity index (χ1n) is 18.3. The topological polar surface area (TPSA) is 143 Å². The molecule has 0 unspecified atom stereocenters. The van der Waals surface area contributed by atoms with Crippen molar-refractivity contribution in [2.75, 3.05) is 44.6 Å². The molecule has 12 nitrogen and oxygen atoms in total. The fraction of sp³-hybridized carbons (Fsp3) is 0.568. The lowest BCUT2D eigenvalue weighted by Crippen LogP contribution is -2.55. The summed E-state index contributed by atoms with van der Waals surface area (Å²) in [5, 5.41) is 23.4. The summed E-state index contributed by atoms with van der Waals surface area (Å²) in [5.74, 6) is -0.805. The first-order valence-corrected chi connectivity index (χ1v) is 18.3. The van der Waals surface area contributed by atoms with E-state index in [1.54, 1.807) is 9.80 Å². The number of ether oxygens (including phenoxy) is 1. The van der Waals surface area contributed by atoms with Gasteiger partial charge in [0.2, 0.25) is 0 Å². The van der Waals surface area contributed by atoms with Crippen molar-refractivity contribution in [1.29, 1.82) is 0 Å². The number of hydrogen-bond donors (Lipinski definition) is 3. The van der Waals surface area contributed by atoms with E-state index in [0.717, 1.165) is 48.1 Å². The Bertz CT molecular complexity index is 1570. The highest BCUT2D eigenvalue weighted by Gasteiger charge is 2.39. The van der Waals surface area contributed by atoms with Crippen molar-refractivity contribution >= 4 is 42.4 Å². The summed E-state index contributed by atoms with van der Waals surface area (Å²) in [4.78, 5) is 60.2. The van der Waals surface area contributed by atoms with Crippen LogP contribution in [0.15, 0.2) is 36.4 Å². The van der Waals surface area contributed by atoms with Gasteiger partial charge in [0.15, 0.2) is 13.4 Å². The number of nitrogens with zero attached hydrogens (tertiary/aromatic N) is 4. The largest absolute Gasteiger partial charge is 0.508 e. The van der Waals surface area contributed by atoms with E-state index in [4.69, 9.17) is 4.74 Å². The highest BCUT2D eigenvalue weighted by molar-refractivity contribution is 6.53. The minimum absolute atomic E-state index is 0.0137. The summed E-state index contributed by atoms with van der Waals surface area (Å²) in [6.45, 7) is 6.87. The molecule has 4 amide bonds. The minimum Gasteiger partial charge on any atom is -0.508 e. The molecule has 50 heavy (non-hydrogen) atoms. The summed E-state index contributed by atoms with van der Waals surface area (Å²) < 4.78 is 6.06. The summed E-state index contributed by atoms with van der Waals surface area (Å²) in [6.07, 6.45) is 4.41. The summed E-state index contributed by atoms with van der Waals surface area (Å²) in [5.41, 5.74) is 4.23. The van der Waals surface area contributed by atoms with E-state index in [1.807, 2.05) is 55.0 Å². The van der Waals surface area contributed by atoms with Gasteiger partial charge >= 0.3 is 18.1 Å². The molecule has 0 aromatic heterocycles. The molecule has 3 fully saturated rings. The molecule has 0 bridgehead atoms. The van der Waals surface area contributed by atoms with Gasteiger partial charge in [-0.25, -0.2) is 9.59 Å². The van der Waals surface area contributed by atoms with Crippen LogP contribution in [0.25, 0.3) is 0 Å². The number of likely N-dealkylation sites (tertiary alicyclic amines) is 3. The van der Waals surface area contributed by atoms with Crippen LogP contribution in [0.2, 0.25) is 6.82 Å². The number of aromatic hydroxyl groups is 1. The van der Waals surface area contributed by atoms with Crippen molar-refractivity contribution in [3.05, 3.63) is 53.1 Å². The number of rotatable bonds is 8. The average Bonchev–Trinajstić information content (AvgIpc) is 3.30. The van der Waals surface area contributed by atoms with Gasteiger partial charge in [0, 0.05) is 56.9 Å². The molecular formula is C37H50BN5O7. The number of aryl methyl sites for hydroxylation is 1. The highest BCUT2D eigenvalue weighted by atomic mass is 16.6. The van der Waals surface area contributed by atoms with Crippen LogP contribution in [0.3, 0.4) is 0 Å². The minimum atomic E-state index is -1.05. The maximum absolute atomic E-state index is 14.1. The average molecular weight is 688 g/mol. The number of carboxylic acid groups (broad SMARTS) is 1. The standard InChI is InChI=1S/C37H50BN5O7/c1-24-21-25(22-29(38-2)33(24)44)23-32(34(45)40-16-11-27(12-17-40)42-15-6-5-9-31(42)35(46)47)50-37(49)41-18-13-28(14-19-41)43-20-10-26-7-3-4-8-30(26)39-36(43)48/h3-4,7-8,21-22,27-28,31-32,38,44H,5-6,9-20,23H2,1-2H3,(H,39,48)(H,46,47)/t31-,32-/m1/s1. The van der Waals surface area contributed by atoms with Crippen LogP contribution in [0.5, 0.6) is 5.75 Å². The number of para-hydroxylation sites is 1. The number of hydrogen-bond acceptors (Lipinski definition) is 7. The van der Waals surface area contributed by atoms with Gasteiger partial charge in [-0.3, -0.25) is 14.5 Å². The molecule has 2 aromatic carbocycles. The Labute approximate surface area is 295 Å². The number of carboxylic acids is 1. The second-order valence-corrected chi connectivity index (χ2v) is 14.2. The molecule has 4 aliphatic heterocycles. The number of amides is 4. The Kier molecular flexibility index (Phi) is 11.2. The Morgan fingerprint density at radius 3 is 2.36 bits per heavy atom. The predicted octanol–water partition coefficient (Wildman–Crippen LogP) is 3.34. The molecular weight excluding hydrogens is 637 g/mol. The molecule has 0 aliphatic carbocycles. The molecule has 2 aromatic rings. The lowest BCUT2D eigenvalue weighted by Gasteiger charge is -2.43. The van der Waals surface area contributed by atoms with Crippen LogP contribution in [0.1, 0.15) is 61.6 Å². The Balaban J connectivity index is 1.11. The molecule has 6 rings (SSSR count). The summed E-state index contributed by atoms with van der Waals surface area (Å²) in [6, 6.07) is 11.0. The van der Waals surface area contributed by atoms with Crippen molar-refractivity contribution < 1.29 is 34.1 Å². The Hall–Kier alpha value is -4.26. The quantitative estimate of drug-likeness (QED) is 0.359. The molecule has 13 heteroatoms. The number of carbonyl (C=O) groups is 4. The first-order chi connectivity index (χ1) is 24.1. The Morgan fingerprint density at radius 2 is 1.64 bits per heavy atom. The molecule has 268 valence electrons. The number of fused-ring (bicyclic) bond motifs is 1. The smallest absolute Gasteiger partial charge is 0.410 e. The normalized spacial score (nSPS) is 21.5. The SMILES string of the molecule is CBc1cc(C[C@@H](OC(=O)N2CCC(N3CCc4ccccc4NC3=O)CC2)C(=O)N2CCC(N3CCCC[C@@H]3C(=O)O)CC2)cc(C)c1O. The number of carbonyl (C=O) groups excluding carboxylic acids is 3. The molecule has 0 spiro atoms. The van der Waals surface area contributed by atoms with E-state index < -0.39 is 24.2 Å². The van der Waals surface area contributed by atoms with Crippen molar-refractivity contribution in [1.82, 2.24) is 19.6 Å². The van der Waals surface area contributed by atoms with Crippen molar-refractivity contribution in [2.24, 2.45) is 0 Å². The van der Waals surface area contributed by atoms with Gasteiger partial charge in [-0.1, -0.05) is 43.6 Å². The van der Waals surface area contributed by atoms with Crippen LogP contribution < -0.4 is 10.8 Å². The maximum Gasteiger partial charge on any atom is 0.410 e. The molecule has 3 N–H and O–H groups in total. The number of piperidine rings is 3. The lowest BCUT2D eigenvalue weighted by atomic mass is 9.71. The van der Waals surface area contributed by atoms with Gasteiger partial charge in [0.05, 0.1) is 0 Å². The van der Waals surface area contributed by atoms with Gasteiger partial charge in [-0.15, -0.1) is 0 Å². The zero-order valence-electron chi connectivity index (χ0n) is 29.3. The zero-order valence-corrected chi connectivity index (χ0v) is 29.3. The fourth-order valence-electron chi connectivity index (χ4n) is 8.29. The predicted molar refractivity (Wildman–Crippen MR) is 192 cm³/mol. The fourth-order valence-corrected chi connectivity index (χ4v) is 8.29. The van der Waals surface area contributed by atoms with Crippen LogP contribution in [0, 0.1) is 6.92 Å². The van der Waals surface area contributed by atoms with E-state index in [9.17, 15) is 29.4 Å². The van der Waals surface area contributed by atoms with E-state index in [2.05, 4.69) is 10.2 Å². The summed E-state index contributed by atoms with van der Waals surface area (Å²) >= 11 is 0. The molecule has 0 saturated carbocycles. The lowest BCUT2D eigenvalue weighted by molar-refractivity contribution is -0.148. The number of aliphatic carboxylic acids is 1. The van der Waals surface area contributed by atoms with E-state index in [1.165, 1.54) is 0 Å². The van der Waals surface area contributed by atoms with Gasteiger partial charge in [0.25, 0.3) is 5.91 Å². The van der Waals surface area contributed by atoms with Crippen LogP contribution in [0.4, 0.5) is 15.3 Å².